The maximum atomic E-state index is 12.6. The van der Waals surface area contributed by atoms with Crippen molar-refractivity contribution in [1.82, 2.24) is 0 Å². The first-order chi connectivity index (χ1) is 9.73. The molecular formula is C12H11F3N2O2S2. The first kappa shape index (κ1) is 14.7. The number of amidine groups is 1. The Morgan fingerprint density at radius 3 is 2.71 bits per heavy atom. The van der Waals surface area contributed by atoms with Gasteiger partial charge >= 0.3 is 6.18 Å². The predicted octanol–water partition coefficient (Wildman–Crippen LogP) is 2.39. The summed E-state index contributed by atoms with van der Waals surface area (Å²) in [6, 6.07) is 4.54. The summed E-state index contributed by atoms with van der Waals surface area (Å²) in [6.45, 7) is 0. The second-order valence-corrected chi connectivity index (χ2v) is 8.32. The Morgan fingerprint density at radius 2 is 2.05 bits per heavy atom. The molecular weight excluding hydrogens is 325 g/mol. The van der Waals surface area contributed by atoms with Gasteiger partial charge in [-0.05, 0) is 18.2 Å². The van der Waals surface area contributed by atoms with Crippen molar-refractivity contribution in [1.29, 1.82) is 0 Å². The number of hydrogen-bond donors (Lipinski definition) is 1. The number of halogens is 3. The van der Waals surface area contributed by atoms with Gasteiger partial charge in [0, 0.05) is 10.9 Å². The van der Waals surface area contributed by atoms with Crippen LogP contribution in [0.5, 0.6) is 0 Å². The van der Waals surface area contributed by atoms with Crippen molar-refractivity contribution in [3.8, 4) is 0 Å². The zero-order valence-electron chi connectivity index (χ0n) is 10.6. The van der Waals surface area contributed by atoms with Gasteiger partial charge in [0.05, 0.1) is 23.1 Å². The molecule has 1 aromatic rings. The van der Waals surface area contributed by atoms with E-state index in [2.05, 4.69) is 10.3 Å². The van der Waals surface area contributed by atoms with Crippen molar-refractivity contribution in [3.63, 3.8) is 0 Å². The zero-order valence-corrected chi connectivity index (χ0v) is 12.2. The van der Waals surface area contributed by atoms with E-state index in [0.717, 1.165) is 12.1 Å². The molecule has 1 N–H and O–H groups in total. The van der Waals surface area contributed by atoms with Gasteiger partial charge in [-0.3, -0.25) is 4.99 Å². The van der Waals surface area contributed by atoms with Crippen LogP contribution in [0, 0.1) is 0 Å². The van der Waals surface area contributed by atoms with Gasteiger partial charge in [-0.25, -0.2) is 8.42 Å². The highest BCUT2D eigenvalue weighted by atomic mass is 32.2. The van der Waals surface area contributed by atoms with E-state index in [-0.39, 0.29) is 22.8 Å². The first-order valence-corrected chi connectivity index (χ1v) is 8.82. The van der Waals surface area contributed by atoms with Crippen molar-refractivity contribution >= 4 is 32.5 Å². The number of sulfone groups is 1. The van der Waals surface area contributed by atoms with E-state index in [9.17, 15) is 21.6 Å². The van der Waals surface area contributed by atoms with Crippen molar-refractivity contribution in [2.75, 3.05) is 16.8 Å². The number of benzene rings is 1. The molecule has 1 saturated heterocycles. The summed E-state index contributed by atoms with van der Waals surface area (Å²) in [5.41, 5.74) is -0.447. The number of thioether (sulfide) groups is 1. The van der Waals surface area contributed by atoms with Crippen LogP contribution in [-0.4, -0.2) is 36.4 Å². The van der Waals surface area contributed by atoms with Gasteiger partial charge in [0.2, 0.25) is 0 Å². The minimum absolute atomic E-state index is 0.0123. The van der Waals surface area contributed by atoms with Crippen LogP contribution in [0.4, 0.5) is 18.9 Å². The van der Waals surface area contributed by atoms with E-state index >= 15 is 0 Å². The van der Waals surface area contributed by atoms with Crippen LogP contribution in [0.2, 0.25) is 0 Å². The molecule has 2 aliphatic rings. The summed E-state index contributed by atoms with van der Waals surface area (Å²) in [5.74, 6) is 0.0814. The van der Waals surface area contributed by atoms with Crippen LogP contribution in [0.15, 0.2) is 29.3 Å². The average Bonchev–Trinajstić information content (AvgIpc) is 2.81. The molecule has 2 unspecified atom stereocenters. The van der Waals surface area contributed by atoms with Crippen LogP contribution in [-0.2, 0) is 16.0 Å². The summed E-state index contributed by atoms with van der Waals surface area (Å²) in [7, 11) is -3.03. The molecule has 21 heavy (non-hydrogen) atoms. The quantitative estimate of drug-likeness (QED) is 0.855. The third-order valence-corrected chi connectivity index (χ3v) is 6.40. The van der Waals surface area contributed by atoms with Crippen LogP contribution >= 0.6 is 11.8 Å². The molecule has 0 radical (unpaired) electrons. The fraction of sp³-hybridized carbons (Fsp3) is 0.417. The Balaban J connectivity index is 1.74. The molecule has 0 aromatic heterocycles. The fourth-order valence-electron chi connectivity index (χ4n) is 2.31. The molecule has 0 bridgehead atoms. The Bertz CT molecular complexity index is 701. The van der Waals surface area contributed by atoms with Crippen molar-refractivity contribution in [2.45, 2.75) is 17.5 Å². The third kappa shape index (κ3) is 3.18. The number of aliphatic imine (C=N–C) groups is 1. The number of rotatable bonds is 1. The average molecular weight is 336 g/mol. The summed E-state index contributed by atoms with van der Waals surface area (Å²) in [4.78, 5) is 4.24. The number of alkyl halides is 3. The van der Waals surface area contributed by atoms with Crippen LogP contribution in [0.25, 0.3) is 0 Å². The molecule has 0 saturated carbocycles. The van der Waals surface area contributed by atoms with E-state index in [1.165, 1.54) is 23.9 Å². The SMILES string of the molecule is O=S1(=O)CC2N=C(Nc3cccc(C(F)(F)F)c3)SC2C1. The Morgan fingerprint density at radius 1 is 1.29 bits per heavy atom. The number of fused-ring (bicyclic) bond motifs is 1. The standard InChI is InChI=1S/C12H11F3N2O2S2/c13-12(14,15)7-2-1-3-8(4-7)16-11-17-9-5-21(18,19)6-10(9)20-11/h1-4,9-10H,5-6H2,(H,16,17). The lowest BCUT2D eigenvalue weighted by Gasteiger charge is -2.10. The number of nitrogens with zero attached hydrogens (tertiary/aromatic N) is 1. The highest BCUT2D eigenvalue weighted by Crippen LogP contribution is 2.35. The minimum Gasteiger partial charge on any atom is -0.335 e. The molecule has 9 heteroatoms. The summed E-state index contributed by atoms with van der Waals surface area (Å²) >= 11 is 1.27. The fourth-order valence-corrected chi connectivity index (χ4v) is 5.99. The molecule has 0 amide bonds. The van der Waals surface area contributed by atoms with E-state index in [1.54, 1.807) is 0 Å². The molecule has 0 aliphatic carbocycles. The van der Waals surface area contributed by atoms with Gasteiger partial charge in [0.25, 0.3) is 0 Å². The second kappa shape index (κ2) is 4.91. The lowest BCUT2D eigenvalue weighted by atomic mass is 10.2. The monoisotopic (exact) mass is 336 g/mol. The second-order valence-electron chi connectivity index (χ2n) is 4.94. The molecule has 3 rings (SSSR count). The lowest BCUT2D eigenvalue weighted by molar-refractivity contribution is -0.137. The number of hydrogen-bond acceptors (Lipinski definition) is 5. The molecule has 1 fully saturated rings. The van der Waals surface area contributed by atoms with Gasteiger partial charge in [-0.1, -0.05) is 17.8 Å². The van der Waals surface area contributed by atoms with E-state index < -0.39 is 21.6 Å². The van der Waals surface area contributed by atoms with Crippen molar-refractivity contribution < 1.29 is 21.6 Å². The van der Waals surface area contributed by atoms with Gasteiger partial charge in [-0.15, -0.1) is 0 Å². The van der Waals surface area contributed by atoms with Gasteiger partial charge in [0.1, 0.15) is 0 Å². The Hall–Kier alpha value is -1.22. The van der Waals surface area contributed by atoms with Crippen molar-refractivity contribution in [3.05, 3.63) is 29.8 Å². The molecule has 1 aromatic carbocycles. The van der Waals surface area contributed by atoms with Crippen LogP contribution in [0.1, 0.15) is 5.56 Å². The Labute approximate surface area is 123 Å². The molecule has 0 spiro atoms. The summed E-state index contributed by atoms with van der Waals surface area (Å²) in [6.07, 6.45) is -4.40. The molecule has 4 nitrogen and oxygen atoms in total. The topological polar surface area (TPSA) is 58.5 Å². The molecule has 2 atom stereocenters. The van der Waals surface area contributed by atoms with Gasteiger partial charge < -0.3 is 5.32 Å². The highest BCUT2D eigenvalue weighted by molar-refractivity contribution is 8.15. The van der Waals surface area contributed by atoms with E-state index in [0.29, 0.717) is 10.9 Å². The summed E-state index contributed by atoms with van der Waals surface area (Å²) < 4.78 is 60.7. The van der Waals surface area contributed by atoms with E-state index in [1.807, 2.05) is 0 Å². The normalized spacial score (nSPS) is 27.3. The number of nitrogens with one attached hydrogen (secondary N) is 1. The maximum absolute atomic E-state index is 12.6. The largest absolute Gasteiger partial charge is 0.416 e. The minimum atomic E-state index is -4.40. The van der Waals surface area contributed by atoms with Crippen LogP contribution < -0.4 is 5.32 Å². The molecule has 114 valence electrons. The predicted molar refractivity (Wildman–Crippen MR) is 76.3 cm³/mol. The number of anilines is 1. The smallest absolute Gasteiger partial charge is 0.335 e. The lowest BCUT2D eigenvalue weighted by Crippen LogP contribution is -2.13. The summed E-state index contributed by atoms with van der Waals surface area (Å²) in [5, 5.41) is 3.16. The van der Waals surface area contributed by atoms with Crippen molar-refractivity contribution in [2.24, 2.45) is 4.99 Å². The van der Waals surface area contributed by atoms with Crippen LogP contribution in [0.3, 0.4) is 0 Å². The van der Waals surface area contributed by atoms with Gasteiger partial charge in [0.15, 0.2) is 15.0 Å². The maximum Gasteiger partial charge on any atom is 0.416 e. The molecule has 2 heterocycles. The van der Waals surface area contributed by atoms with E-state index in [4.69, 9.17) is 0 Å². The Kier molecular flexibility index (Phi) is 3.44. The highest BCUT2D eigenvalue weighted by Gasteiger charge is 2.42. The first-order valence-electron chi connectivity index (χ1n) is 6.12. The third-order valence-electron chi connectivity index (χ3n) is 3.26. The zero-order chi connectivity index (χ0) is 15.3. The molecule has 2 aliphatic heterocycles. The van der Waals surface area contributed by atoms with Gasteiger partial charge in [-0.2, -0.15) is 13.2 Å².